The molecule has 6 heteroatoms. The van der Waals surface area contributed by atoms with E-state index in [9.17, 15) is 9.59 Å². The Balaban J connectivity index is 1.64. The lowest BCUT2D eigenvalue weighted by Crippen LogP contribution is -2.27. The van der Waals surface area contributed by atoms with Gasteiger partial charge in [0.1, 0.15) is 4.32 Å². The first-order valence-corrected chi connectivity index (χ1v) is 10.3. The van der Waals surface area contributed by atoms with Crippen LogP contribution in [0, 0.1) is 0 Å². The van der Waals surface area contributed by atoms with Crippen LogP contribution in [0.5, 0.6) is 0 Å². The molecule has 1 aliphatic rings. The molecule has 1 heterocycles. The Bertz CT molecular complexity index is 982. The normalized spacial score (nSPS) is 15.8. The molecule has 3 rings (SSSR count). The van der Waals surface area contributed by atoms with Crippen LogP contribution in [0.2, 0.25) is 0 Å². The highest BCUT2D eigenvalue weighted by atomic mass is 32.2. The van der Waals surface area contributed by atoms with E-state index in [0.717, 1.165) is 11.3 Å². The standard InChI is InChI=1S/C23H20N2O2S2/c1-18(26)24(20-13-7-3-8-14-20)16-10-4-9-15-21-22(27)25(23(28)29-21)17-19-11-5-2-6-12-19/h2-16H,17H2,1H3/b9-4+,16-10+,21-15-. The monoisotopic (exact) mass is 420 g/mol. The Labute approximate surface area is 180 Å². The van der Waals surface area contributed by atoms with Crippen molar-refractivity contribution >= 4 is 45.8 Å². The van der Waals surface area contributed by atoms with Crippen molar-refractivity contribution in [3.63, 3.8) is 0 Å². The van der Waals surface area contributed by atoms with E-state index >= 15 is 0 Å². The number of allylic oxidation sites excluding steroid dienone is 4. The van der Waals surface area contributed by atoms with E-state index in [0.29, 0.717) is 15.8 Å². The number of benzene rings is 2. The molecule has 0 aromatic heterocycles. The van der Waals surface area contributed by atoms with Gasteiger partial charge in [-0.25, -0.2) is 0 Å². The maximum absolute atomic E-state index is 12.6. The van der Waals surface area contributed by atoms with Gasteiger partial charge in [0.15, 0.2) is 0 Å². The number of nitrogens with zero attached hydrogens (tertiary/aromatic N) is 2. The van der Waals surface area contributed by atoms with Crippen LogP contribution < -0.4 is 4.90 Å². The third kappa shape index (κ3) is 5.53. The van der Waals surface area contributed by atoms with E-state index in [4.69, 9.17) is 12.2 Å². The zero-order valence-electron chi connectivity index (χ0n) is 15.9. The van der Waals surface area contributed by atoms with Crippen LogP contribution in [0.25, 0.3) is 0 Å². The van der Waals surface area contributed by atoms with Gasteiger partial charge in [-0.15, -0.1) is 0 Å². The van der Waals surface area contributed by atoms with Gasteiger partial charge >= 0.3 is 0 Å². The first-order valence-electron chi connectivity index (χ1n) is 9.04. The van der Waals surface area contributed by atoms with Gasteiger partial charge in [-0.1, -0.05) is 84.7 Å². The van der Waals surface area contributed by atoms with Gasteiger partial charge in [-0.2, -0.15) is 0 Å². The Morgan fingerprint density at radius 1 is 1.03 bits per heavy atom. The van der Waals surface area contributed by atoms with Crippen LogP contribution in [0.1, 0.15) is 12.5 Å². The van der Waals surface area contributed by atoms with Crippen molar-refractivity contribution in [2.24, 2.45) is 0 Å². The molecule has 2 aromatic carbocycles. The molecule has 0 unspecified atom stereocenters. The minimum atomic E-state index is -0.0906. The molecule has 0 saturated carbocycles. The molecule has 1 aliphatic heterocycles. The van der Waals surface area contributed by atoms with Gasteiger partial charge in [-0.3, -0.25) is 19.4 Å². The third-order valence-corrected chi connectivity index (χ3v) is 5.53. The second kappa shape index (κ2) is 10.0. The molecule has 2 amide bonds. The smallest absolute Gasteiger partial charge is 0.266 e. The molecule has 0 aliphatic carbocycles. The average Bonchev–Trinajstić information content (AvgIpc) is 2.99. The van der Waals surface area contributed by atoms with Gasteiger partial charge < -0.3 is 0 Å². The summed E-state index contributed by atoms with van der Waals surface area (Å²) in [6, 6.07) is 19.2. The molecule has 0 N–H and O–H groups in total. The number of amides is 2. The van der Waals surface area contributed by atoms with Crippen LogP contribution >= 0.6 is 24.0 Å². The van der Waals surface area contributed by atoms with Crippen molar-refractivity contribution in [2.75, 3.05) is 4.90 Å². The van der Waals surface area contributed by atoms with Gasteiger partial charge in [-0.05, 0) is 29.8 Å². The summed E-state index contributed by atoms with van der Waals surface area (Å²) in [6.07, 6.45) is 8.75. The topological polar surface area (TPSA) is 40.6 Å². The highest BCUT2D eigenvalue weighted by Gasteiger charge is 2.31. The molecule has 1 fully saturated rings. The average molecular weight is 421 g/mol. The molecule has 0 radical (unpaired) electrons. The van der Waals surface area contributed by atoms with Crippen molar-refractivity contribution in [1.29, 1.82) is 0 Å². The van der Waals surface area contributed by atoms with Crippen LogP contribution in [0.15, 0.2) is 96.1 Å². The number of carbonyl (C=O) groups excluding carboxylic acids is 2. The number of anilines is 1. The van der Waals surface area contributed by atoms with Gasteiger partial charge in [0.25, 0.3) is 5.91 Å². The number of carbonyl (C=O) groups is 2. The minimum absolute atomic E-state index is 0.0809. The first kappa shape index (κ1) is 20.8. The summed E-state index contributed by atoms with van der Waals surface area (Å²) in [5.74, 6) is -0.172. The second-order valence-corrected chi connectivity index (χ2v) is 7.90. The van der Waals surface area contributed by atoms with E-state index in [1.807, 2.05) is 60.7 Å². The lowest BCUT2D eigenvalue weighted by atomic mass is 10.2. The predicted molar refractivity (Wildman–Crippen MR) is 123 cm³/mol. The molecule has 0 bridgehead atoms. The van der Waals surface area contributed by atoms with Crippen molar-refractivity contribution in [2.45, 2.75) is 13.5 Å². The van der Waals surface area contributed by atoms with E-state index in [-0.39, 0.29) is 11.8 Å². The van der Waals surface area contributed by atoms with Crippen molar-refractivity contribution in [3.8, 4) is 0 Å². The Morgan fingerprint density at radius 3 is 2.34 bits per heavy atom. The van der Waals surface area contributed by atoms with Crippen LogP contribution in [0.3, 0.4) is 0 Å². The number of thiocarbonyl (C=S) groups is 1. The van der Waals surface area contributed by atoms with Gasteiger partial charge in [0.05, 0.1) is 11.4 Å². The molecule has 1 saturated heterocycles. The van der Waals surface area contributed by atoms with E-state index in [1.165, 1.54) is 18.7 Å². The zero-order valence-corrected chi connectivity index (χ0v) is 17.5. The summed E-state index contributed by atoms with van der Waals surface area (Å²) in [5.41, 5.74) is 1.83. The Hall–Kier alpha value is -2.96. The molecule has 29 heavy (non-hydrogen) atoms. The first-order chi connectivity index (χ1) is 14.1. The number of thioether (sulfide) groups is 1. The van der Waals surface area contributed by atoms with Crippen LogP contribution in [-0.4, -0.2) is 21.0 Å². The van der Waals surface area contributed by atoms with Crippen LogP contribution in [0.4, 0.5) is 5.69 Å². The summed E-state index contributed by atoms with van der Waals surface area (Å²) in [5, 5.41) is 0. The summed E-state index contributed by atoms with van der Waals surface area (Å²) < 4.78 is 0.556. The SMILES string of the molecule is CC(=O)N(/C=C/C=C/C=C1\SC(=S)N(Cc2ccccc2)C1=O)c1ccccc1. The quantitative estimate of drug-likeness (QED) is 0.372. The van der Waals surface area contributed by atoms with E-state index in [1.54, 1.807) is 40.3 Å². The third-order valence-electron chi connectivity index (χ3n) is 4.14. The maximum Gasteiger partial charge on any atom is 0.266 e. The molecular formula is C23H20N2O2S2. The zero-order chi connectivity index (χ0) is 20.6. The van der Waals surface area contributed by atoms with E-state index in [2.05, 4.69) is 0 Å². The summed E-state index contributed by atoms with van der Waals surface area (Å²) in [7, 11) is 0. The Kier molecular flexibility index (Phi) is 7.16. The van der Waals surface area contributed by atoms with Crippen molar-refractivity contribution in [3.05, 3.63) is 102 Å². The minimum Gasteiger partial charge on any atom is -0.288 e. The predicted octanol–water partition coefficient (Wildman–Crippen LogP) is 5.05. The highest BCUT2D eigenvalue weighted by Crippen LogP contribution is 2.32. The summed E-state index contributed by atoms with van der Waals surface area (Å²) >= 11 is 6.65. The van der Waals surface area contributed by atoms with Crippen molar-refractivity contribution < 1.29 is 9.59 Å². The highest BCUT2D eigenvalue weighted by molar-refractivity contribution is 8.26. The number of para-hydroxylation sites is 1. The molecule has 0 spiro atoms. The lowest BCUT2D eigenvalue weighted by Gasteiger charge is -2.15. The largest absolute Gasteiger partial charge is 0.288 e. The molecule has 146 valence electrons. The fourth-order valence-corrected chi connectivity index (χ4v) is 3.93. The van der Waals surface area contributed by atoms with Gasteiger partial charge in [0, 0.05) is 18.8 Å². The van der Waals surface area contributed by atoms with Crippen molar-refractivity contribution in [1.82, 2.24) is 4.90 Å². The molecule has 2 aromatic rings. The van der Waals surface area contributed by atoms with Gasteiger partial charge in [0.2, 0.25) is 5.91 Å². The summed E-state index contributed by atoms with van der Waals surface area (Å²) in [6.45, 7) is 1.98. The lowest BCUT2D eigenvalue weighted by molar-refractivity contribution is -0.122. The van der Waals surface area contributed by atoms with Crippen LogP contribution in [-0.2, 0) is 16.1 Å². The maximum atomic E-state index is 12.6. The van der Waals surface area contributed by atoms with E-state index < -0.39 is 0 Å². The number of hydrogen-bond acceptors (Lipinski definition) is 4. The number of rotatable bonds is 6. The molecule has 4 nitrogen and oxygen atoms in total. The Morgan fingerprint density at radius 2 is 1.69 bits per heavy atom. The second-order valence-electron chi connectivity index (χ2n) is 6.23. The molecular weight excluding hydrogens is 400 g/mol. The fourth-order valence-electron chi connectivity index (χ4n) is 2.72. The molecule has 0 atom stereocenters. The fraction of sp³-hybridized carbons (Fsp3) is 0.0870. The number of hydrogen-bond donors (Lipinski definition) is 0. The summed E-state index contributed by atoms with van der Waals surface area (Å²) in [4.78, 5) is 28.2.